The molecule has 0 aliphatic rings. The molecule has 0 amide bonds. The molecule has 104 valence electrons. The zero-order chi connectivity index (χ0) is 15.0. The molecule has 2 rings (SSSR count). The number of aryl methyl sites for hydroxylation is 2. The Morgan fingerprint density at radius 3 is 1.75 bits per heavy atom. The van der Waals surface area contributed by atoms with Crippen molar-refractivity contribution in [2.75, 3.05) is 0 Å². The van der Waals surface area contributed by atoms with Crippen LogP contribution in [0.15, 0.2) is 24.3 Å². The largest absolute Gasteiger partial charge is 0.289 e. The van der Waals surface area contributed by atoms with Crippen molar-refractivity contribution >= 4 is 5.78 Å². The van der Waals surface area contributed by atoms with Crippen LogP contribution in [0, 0.1) is 37.1 Å². The van der Waals surface area contributed by atoms with E-state index in [0.717, 1.165) is 12.1 Å². The number of carbonyl (C=O) groups excluding carboxylic acids is 1. The summed E-state index contributed by atoms with van der Waals surface area (Å²) in [7, 11) is 0. The minimum atomic E-state index is -1.63. The molecular formula is C15H10F4O. The molecule has 2 aromatic rings. The number of benzene rings is 2. The highest BCUT2D eigenvalue weighted by molar-refractivity contribution is 6.10. The van der Waals surface area contributed by atoms with Gasteiger partial charge in [0.05, 0.1) is 0 Å². The van der Waals surface area contributed by atoms with Crippen LogP contribution in [0.25, 0.3) is 0 Å². The van der Waals surface area contributed by atoms with Crippen molar-refractivity contribution in [1.82, 2.24) is 0 Å². The first-order chi connectivity index (χ1) is 9.31. The summed E-state index contributed by atoms with van der Waals surface area (Å²) in [5.41, 5.74) is 0.520. The van der Waals surface area contributed by atoms with Crippen LogP contribution >= 0.6 is 0 Å². The zero-order valence-corrected chi connectivity index (χ0v) is 10.7. The lowest BCUT2D eigenvalue weighted by Crippen LogP contribution is -2.09. The fraction of sp³-hybridized carbons (Fsp3) is 0.133. The van der Waals surface area contributed by atoms with Gasteiger partial charge in [0.1, 0.15) is 5.82 Å². The van der Waals surface area contributed by atoms with Crippen LogP contribution in [-0.4, -0.2) is 5.78 Å². The van der Waals surface area contributed by atoms with Gasteiger partial charge in [0.15, 0.2) is 23.2 Å². The van der Waals surface area contributed by atoms with Crippen LogP contribution < -0.4 is 0 Å². The molecule has 0 heterocycles. The van der Waals surface area contributed by atoms with E-state index in [2.05, 4.69) is 0 Å². The van der Waals surface area contributed by atoms with E-state index >= 15 is 0 Å². The maximum absolute atomic E-state index is 13.2. The van der Waals surface area contributed by atoms with E-state index in [1.165, 1.54) is 13.8 Å². The third kappa shape index (κ3) is 2.43. The first kappa shape index (κ1) is 14.2. The predicted molar refractivity (Wildman–Crippen MR) is 65.6 cm³/mol. The number of carbonyl (C=O) groups is 1. The lowest BCUT2D eigenvalue weighted by Gasteiger charge is -2.10. The molecular weight excluding hydrogens is 272 g/mol. The lowest BCUT2D eigenvalue weighted by molar-refractivity contribution is 0.103. The monoisotopic (exact) mass is 282 g/mol. The Kier molecular flexibility index (Phi) is 3.61. The number of hydrogen-bond donors (Lipinski definition) is 0. The second kappa shape index (κ2) is 5.07. The molecule has 20 heavy (non-hydrogen) atoms. The van der Waals surface area contributed by atoms with Crippen LogP contribution in [0.1, 0.15) is 27.0 Å². The van der Waals surface area contributed by atoms with Gasteiger partial charge < -0.3 is 0 Å². The Balaban J connectivity index is 2.58. The molecule has 0 saturated heterocycles. The summed E-state index contributed by atoms with van der Waals surface area (Å²) >= 11 is 0. The summed E-state index contributed by atoms with van der Waals surface area (Å²) in [4.78, 5) is 12.2. The molecule has 0 aliphatic carbocycles. The Bertz CT molecular complexity index is 661. The topological polar surface area (TPSA) is 17.1 Å². The SMILES string of the molecule is Cc1cc(F)cc(C)c1C(=O)c1cc(F)c(F)c(F)c1. The van der Waals surface area contributed by atoms with Crippen LogP contribution in [-0.2, 0) is 0 Å². The van der Waals surface area contributed by atoms with Crippen molar-refractivity contribution in [2.24, 2.45) is 0 Å². The molecule has 0 fully saturated rings. The van der Waals surface area contributed by atoms with Crippen LogP contribution in [0.4, 0.5) is 17.6 Å². The summed E-state index contributed by atoms with van der Waals surface area (Å²) in [5.74, 6) is -5.70. The van der Waals surface area contributed by atoms with Gasteiger partial charge in [0.2, 0.25) is 0 Å². The average molecular weight is 282 g/mol. The summed E-state index contributed by atoms with van der Waals surface area (Å²) in [5, 5.41) is 0. The molecule has 5 heteroatoms. The van der Waals surface area contributed by atoms with Gasteiger partial charge in [-0.15, -0.1) is 0 Å². The molecule has 0 saturated carbocycles. The molecule has 2 aromatic carbocycles. The minimum Gasteiger partial charge on any atom is -0.289 e. The van der Waals surface area contributed by atoms with Crippen molar-refractivity contribution in [1.29, 1.82) is 0 Å². The molecule has 0 radical (unpaired) electrons. The van der Waals surface area contributed by atoms with Gasteiger partial charge in [-0.1, -0.05) is 0 Å². The molecule has 0 bridgehead atoms. The number of ketones is 1. The molecule has 0 aromatic heterocycles. The van der Waals surface area contributed by atoms with Gasteiger partial charge in [0, 0.05) is 11.1 Å². The standard InChI is InChI=1S/C15H10F4O/c1-7-3-10(16)4-8(2)13(7)15(20)9-5-11(17)14(19)12(18)6-9/h3-6H,1-2H3. The Morgan fingerprint density at radius 2 is 1.30 bits per heavy atom. The zero-order valence-electron chi connectivity index (χ0n) is 10.7. The number of halogens is 4. The third-order valence-corrected chi connectivity index (χ3v) is 2.97. The first-order valence-electron chi connectivity index (χ1n) is 5.77. The quantitative estimate of drug-likeness (QED) is 0.460. The van der Waals surface area contributed by atoms with E-state index in [4.69, 9.17) is 0 Å². The van der Waals surface area contributed by atoms with Crippen LogP contribution in [0.3, 0.4) is 0 Å². The predicted octanol–water partition coefficient (Wildman–Crippen LogP) is 4.09. The molecule has 1 nitrogen and oxygen atoms in total. The summed E-state index contributed by atoms with van der Waals surface area (Å²) in [6.07, 6.45) is 0. The molecule has 0 unspecified atom stereocenters. The van der Waals surface area contributed by atoms with Crippen LogP contribution in [0.2, 0.25) is 0 Å². The van der Waals surface area contributed by atoms with Crippen molar-refractivity contribution in [3.8, 4) is 0 Å². The summed E-state index contributed by atoms with van der Waals surface area (Å²) in [6, 6.07) is 3.55. The fourth-order valence-corrected chi connectivity index (χ4v) is 2.10. The minimum absolute atomic E-state index is 0.150. The maximum atomic E-state index is 13.2. The fourth-order valence-electron chi connectivity index (χ4n) is 2.10. The lowest BCUT2D eigenvalue weighted by atomic mass is 9.94. The van der Waals surface area contributed by atoms with E-state index in [0.29, 0.717) is 23.3 Å². The van der Waals surface area contributed by atoms with Gasteiger partial charge in [-0.3, -0.25) is 4.79 Å². The average Bonchev–Trinajstić information content (AvgIpc) is 2.33. The van der Waals surface area contributed by atoms with Gasteiger partial charge in [-0.25, -0.2) is 17.6 Å². The highest BCUT2D eigenvalue weighted by Crippen LogP contribution is 2.22. The summed E-state index contributed by atoms with van der Waals surface area (Å²) in [6.45, 7) is 3.03. The van der Waals surface area contributed by atoms with E-state index in [1.807, 2.05) is 0 Å². The Hall–Kier alpha value is -2.17. The smallest absolute Gasteiger partial charge is 0.194 e. The highest BCUT2D eigenvalue weighted by atomic mass is 19.2. The van der Waals surface area contributed by atoms with Crippen molar-refractivity contribution in [2.45, 2.75) is 13.8 Å². The Morgan fingerprint density at radius 1 is 0.850 bits per heavy atom. The molecule has 0 spiro atoms. The van der Waals surface area contributed by atoms with Gasteiger partial charge in [-0.2, -0.15) is 0 Å². The van der Waals surface area contributed by atoms with Gasteiger partial charge in [-0.05, 0) is 49.2 Å². The number of hydrogen-bond acceptors (Lipinski definition) is 1. The van der Waals surface area contributed by atoms with Crippen molar-refractivity contribution in [3.05, 3.63) is 69.8 Å². The second-order valence-electron chi connectivity index (χ2n) is 4.50. The second-order valence-corrected chi connectivity index (χ2v) is 4.50. The molecule has 0 atom stereocenters. The van der Waals surface area contributed by atoms with Crippen LogP contribution in [0.5, 0.6) is 0 Å². The first-order valence-corrected chi connectivity index (χ1v) is 5.77. The highest BCUT2D eigenvalue weighted by Gasteiger charge is 2.19. The molecule has 0 N–H and O–H groups in total. The number of rotatable bonds is 2. The van der Waals surface area contributed by atoms with E-state index in [9.17, 15) is 22.4 Å². The van der Waals surface area contributed by atoms with E-state index < -0.39 is 29.1 Å². The van der Waals surface area contributed by atoms with Gasteiger partial charge in [0.25, 0.3) is 0 Å². The van der Waals surface area contributed by atoms with Crippen molar-refractivity contribution in [3.63, 3.8) is 0 Å². The van der Waals surface area contributed by atoms with E-state index in [1.54, 1.807) is 0 Å². The van der Waals surface area contributed by atoms with Crippen molar-refractivity contribution < 1.29 is 22.4 Å². The maximum Gasteiger partial charge on any atom is 0.194 e. The van der Waals surface area contributed by atoms with Gasteiger partial charge >= 0.3 is 0 Å². The molecule has 0 aliphatic heterocycles. The normalized spacial score (nSPS) is 10.7. The van der Waals surface area contributed by atoms with E-state index in [-0.39, 0.29) is 11.1 Å². The third-order valence-electron chi connectivity index (χ3n) is 2.97. The Labute approximate surface area is 112 Å². The summed E-state index contributed by atoms with van der Waals surface area (Å²) < 4.78 is 52.4.